The van der Waals surface area contributed by atoms with Gasteiger partial charge in [0.2, 0.25) is 0 Å². The van der Waals surface area contributed by atoms with Crippen molar-refractivity contribution in [3.8, 4) is 0 Å². The van der Waals surface area contributed by atoms with Crippen LogP contribution in [0.1, 0.15) is 26.7 Å². The summed E-state index contributed by atoms with van der Waals surface area (Å²) in [4.78, 5) is 0. The van der Waals surface area contributed by atoms with Crippen molar-refractivity contribution in [3.63, 3.8) is 0 Å². The van der Waals surface area contributed by atoms with Crippen molar-refractivity contribution >= 4 is 7.12 Å². The van der Waals surface area contributed by atoms with Gasteiger partial charge in [0.15, 0.2) is 0 Å². The fraction of sp³-hybridized carbons (Fsp3) is 1.00. The first-order chi connectivity index (χ1) is 6.25. The highest BCUT2D eigenvalue weighted by Crippen LogP contribution is 2.43. The summed E-state index contributed by atoms with van der Waals surface area (Å²) < 4.78 is 17.4. The predicted octanol–water partition coefficient (Wildman–Crippen LogP) is 1.23. The maximum absolute atomic E-state index is 5.83. The second-order valence-electron chi connectivity index (χ2n) is 4.60. The first kappa shape index (κ1) is 8.27. The Kier molecular flexibility index (Phi) is 1.73. The minimum absolute atomic E-state index is 0.00185. The van der Waals surface area contributed by atoms with Crippen molar-refractivity contribution in [2.45, 2.75) is 56.9 Å². The topological polar surface area (TPSA) is 27.7 Å². The van der Waals surface area contributed by atoms with Crippen LogP contribution in [0, 0.1) is 0 Å². The van der Waals surface area contributed by atoms with E-state index >= 15 is 0 Å². The van der Waals surface area contributed by atoms with E-state index in [4.69, 9.17) is 14.0 Å². The molecule has 3 fully saturated rings. The van der Waals surface area contributed by atoms with E-state index < -0.39 is 0 Å². The Bertz CT molecular complexity index is 203. The second-order valence-corrected chi connectivity index (χ2v) is 4.60. The largest absolute Gasteiger partial charge is 0.460 e. The molecule has 0 aliphatic carbocycles. The quantitative estimate of drug-likeness (QED) is 0.570. The lowest BCUT2D eigenvalue weighted by Gasteiger charge is -2.18. The van der Waals surface area contributed by atoms with Crippen molar-refractivity contribution in [3.05, 3.63) is 0 Å². The Hall–Kier alpha value is -0.0551. The van der Waals surface area contributed by atoms with Crippen LogP contribution in [0.3, 0.4) is 0 Å². The Labute approximate surface area is 78.9 Å². The average molecular weight is 182 g/mol. The summed E-state index contributed by atoms with van der Waals surface area (Å²) in [7, 11) is 0.00185. The van der Waals surface area contributed by atoms with E-state index in [2.05, 4.69) is 13.8 Å². The summed E-state index contributed by atoms with van der Waals surface area (Å²) in [5.41, 5.74) is 0. The number of hydrogen-bond donors (Lipinski definition) is 0. The predicted molar refractivity (Wildman–Crippen MR) is 48.5 cm³/mol. The van der Waals surface area contributed by atoms with Gasteiger partial charge in [-0.25, -0.2) is 0 Å². The molecule has 13 heavy (non-hydrogen) atoms. The number of fused-ring (bicyclic) bond motifs is 5. The Morgan fingerprint density at radius 2 is 1.62 bits per heavy atom. The van der Waals surface area contributed by atoms with Gasteiger partial charge in [0.1, 0.15) is 0 Å². The lowest BCUT2D eigenvalue weighted by atomic mass is 9.75. The molecule has 3 rings (SSSR count). The third-order valence-electron chi connectivity index (χ3n) is 3.27. The van der Waals surface area contributed by atoms with Gasteiger partial charge >= 0.3 is 7.12 Å². The zero-order valence-electron chi connectivity index (χ0n) is 8.10. The molecule has 2 bridgehead atoms. The Morgan fingerprint density at radius 1 is 1.08 bits per heavy atom. The third-order valence-corrected chi connectivity index (χ3v) is 3.27. The van der Waals surface area contributed by atoms with Crippen LogP contribution in [0.5, 0.6) is 0 Å². The van der Waals surface area contributed by atoms with Crippen LogP contribution in [-0.4, -0.2) is 31.5 Å². The van der Waals surface area contributed by atoms with Gasteiger partial charge in [0.05, 0.1) is 24.4 Å². The van der Waals surface area contributed by atoms with Gasteiger partial charge in [-0.15, -0.1) is 0 Å². The molecule has 4 atom stereocenters. The molecule has 72 valence electrons. The molecule has 0 aromatic carbocycles. The van der Waals surface area contributed by atoms with Crippen molar-refractivity contribution in [2.24, 2.45) is 0 Å². The highest BCUT2D eigenvalue weighted by molar-refractivity contribution is 6.46. The van der Waals surface area contributed by atoms with Crippen LogP contribution in [-0.2, 0) is 14.0 Å². The first-order valence-electron chi connectivity index (χ1n) is 5.22. The molecule has 0 saturated carbocycles. The molecule has 0 aromatic heterocycles. The summed E-state index contributed by atoms with van der Waals surface area (Å²) in [6.45, 7) is 4.27. The summed E-state index contributed by atoms with van der Waals surface area (Å²) in [5, 5.41) is 0. The van der Waals surface area contributed by atoms with Gasteiger partial charge in [-0.1, -0.05) is 13.8 Å². The van der Waals surface area contributed by atoms with E-state index in [1.54, 1.807) is 0 Å². The van der Waals surface area contributed by atoms with Gasteiger partial charge in [-0.05, 0) is 18.7 Å². The molecule has 3 aliphatic heterocycles. The van der Waals surface area contributed by atoms with Gasteiger partial charge < -0.3 is 14.0 Å². The first-order valence-corrected chi connectivity index (χ1v) is 5.22. The fourth-order valence-corrected chi connectivity index (χ4v) is 2.58. The van der Waals surface area contributed by atoms with Crippen molar-refractivity contribution < 1.29 is 14.0 Å². The molecule has 0 spiro atoms. The Balaban J connectivity index is 1.76. The molecule has 0 radical (unpaired) electrons. The molecular weight excluding hydrogens is 167 g/mol. The monoisotopic (exact) mass is 182 g/mol. The van der Waals surface area contributed by atoms with Gasteiger partial charge in [0.25, 0.3) is 0 Å². The molecule has 0 aromatic rings. The lowest BCUT2D eigenvalue weighted by molar-refractivity contribution is 0.0482. The third kappa shape index (κ3) is 1.09. The van der Waals surface area contributed by atoms with Crippen LogP contribution < -0.4 is 0 Å². The minimum atomic E-state index is 0.00185. The van der Waals surface area contributed by atoms with Crippen molar-refractivity contribution in [2.75, 3.05) is 0 Å². The molecule has 3 nitrogen and oxygen atoms in total. The average Bonchev–Trinajstić information content (AvgIpc) is 2.76. The highest BCUT2D eigenvalue weighted by atomic mass is 16.7. The van der Waals surface area contributed by atoms with Crippen LogP contribution in [0.4, 0.5) is 0 Å². The van der Waals surface area contributed by atoms with E-state index in [-0.39, 0.29) is 19.3 Å². The van der Waals surface area contributed by atoms with E-state index in [1.165, 1.54) is 0 Å². The van der Waals surface area contributed by atoms with Gasteiger partial charge in [-0.3, -0.25) is 0 Å². The SMILES string of the molecule is CC(C)B1OC2C3CCC(O3)C2O1. The zero-order chi connectivity index (χ0) is 9.00. The number of hydrogen-bond acceptors (Lipinski definition) is 3. The minimum Gasteiger partial charge on any atom is -0.403 e. The molecule has 4 unspecified atom stereocenters. The Morgan fingerprint density at radius 3 is 2.08 bits per heavy atom. The molecule has 0 N–H and O–H groups in total. The van der Waals surface area contributed by atoms with Crippen LogP contribution >= 0.6 is 0 Å². The molecule has 3 heterocycles. The van der Waals surface area contributed by atoms with E-state index in [1.807, 2.05) is 0 Å². The van der Waals surface area contributed by atoms with E-state index in [0.717, 1.165) is 12.8 Å². The molecule has 4 heteroatoms. The number of rotatable bonds is 1. The molecule has 0 amide bonds. The van der Waals surface area contributed by atoms with Crippen molar-refractivity contribution in [1.29, 1.82) is 0 Å². The molecule has 3 saturated heterocycles. The van der Waals surface area contributed by atoms with E-state index in [9.17, 15) is 0 Å². The lowest BCUT2D eigenvalue weighted by Crippen LogP contribution is -2.33. The van der Waals surface area contributed by atoms with Gasteiger partial charge in [0, 0.05) is 0 Å². The maximum atomic E-state index is 5.83. The highest BCUT2D eigenvalue weighted by Gasteiger charge is 2.57. The second kappa shape index (κ2) is 2.72. The molecule has 3 aliphatic rings. The maximum Gasteiger partial charge on any atom is 0.460 e. The smallest absolute Gasteiger partial charge is 0.403 e. The van der Waals surface area contributed by atoms with E-state index in [0.29, 0.717) is 18.0 Å². The number of ether oxygens (including phenoxy) is 1. The normalized spacial score (nSPS) is 47.8. The van der Waals surface area contributed by atoms with Crippen LogP contribution in [0.25, 0.3) is 0 Å². The van der Waals surface area contributed by atoms with Crippen LogP contribution in [0.15, 0.2) is 0 Å². The standard InChI is InChI=1S/C9H15BO3/c1-5(2)10-12-8-6-3-4-7(11-6)9(8)13-10/h5-9H,3-4H2,1-2H3. The summed E-state index contributed by atoms with van der Waals surface area (Å²) in [6, 6.07) is 0. The molecular formula is C9H15BO3. The van der Waals surface area contributed by atoms with Gasteiger partial charge in [-0.2, -0.15) is 0 Å². The zero-order valence-corrected chi connectivity index (χ0v) is 8.10. The van der Waals surface area contributed by atoms with Crippen molar-refractivity contribution in [1.82, 2.24) is 0 Å². The fourth-order valence-electron chi connectivity index (χ4n) is 2.58. The van der Waals surface area contributed by atoms with Crippen LogP contribution in [0.2, 0.25) is 5.82 Å². The summed E-state index contributed by atoms with van der Waals surface area (Å²) >= 11 is 0. The summed E-state index contributed by atoms with van der Waals surface area (Å²) in [5.74, 6) is 0.449. The summed E-state index contributed by atoms with van der Waals surface area (Å²) in [6.07, 6.45) is 3.40.